The first-order valence-electron chi connectivity index (χ1n) is 6.99. The van der Waals surface area contributed by atoms with Crippen molar-refractivity contribution in [3.63, 3.8) is 0 Å². The van der Waals surface area contributed by atoms with Crippen molar-refractivity contribution in [2.75, 3.05) is 7.05 Å². The summed E-state index contributed by atoms with van der Waals surface area (Å²) in [5.74, 6) is 0. The molecule has 5 heteroatoms. The monoisotopic (exact) mass is 276 g/mol. The second kappa shape index (κ2) is 5.43. The molecule has 0 bridgehead atoms. The van der Waals surface area contributed by atoms with Gasteiger partial charge in [-0.05, 0) is 39.7 Å². The molecule has 0 aromatic carbocycles. The average Bonchev–Trinajstić information content (AvgIpc) is 3.05. The van der Waals surface area contributed by atoms with Crippen LogP contribution in [0.2, 0.25) is 0 Å². The van der Waals surface area contributed by atoms with Crippen LogP contribution in [0.5, 0.6) is 0 Å². The molecule has 1 unspecified atom stereocenters. The zero-order valence-electron chi connectivity index (χ0n) is 11.5. The third kappa shape index (κ3) is 2.32. The van der Waals surface area contributed by atoms with Crippen LogP contribution in [0.1, 0.15) is 47.1 Å². The first kappa shape index (κ1) is 12.8. The fraction of sp³-hybridized carbons (Fsp3) is 0.571. The summed E-state index contributed by atoms with van der Waals surface area (Å²) in [6.07, 6.45) is 8.79. The molecule has 1 aliphatic carbocycles. The molecule has 2 aromatic rings. The normalized spacial score (nSPS) is 16.3. The number of nitrogens with one attached hydrogen (secondary N) is 1. The van der Waals surface area contributed by atoms with E-state index in [2.05, 4.69) is 21.8 Å². The Morgan fingerprint density at radius 3 is 3.00 bits per heavy atom. The Labute approximate surface area is 117 Å². The lowest BCUT2D eigenvalue weighted by Gasteiger charge is -2.15. The minimum atomic E-state index is 0.165. The van der Waals surface area contributed by atoms with Crippen molar-refractivity contribution in [1.82, 2.24) is 19.9 Å². The molecule has 0 radical (unpaired) electrons. The van der Waals surface area contributed by atoms with E-state index in [0.29, 0.717) is 0 Å². The van der Waals surface area contributed by atoms with E-state index in [-0.39, 0.29) is 6.04 Å². The summed E-state index contributed by atoms with van der Waals surface area (Å²) in [6.45, 7) is 3.09. The van der Waals surface area contributed by atoms with Crippen LogP contribution in [-0.2, 0) is 19.4 Å². The summed E-state index contributed by atoms with van der Waals surface area (Å²) < 4.78 is 2.18. The molecule has 2 heterocycles. The molecule has 0 saturated carbocycles. The fourth-order valence-corrected chi connectivity index (χ4v) is 4.01. The maximum atomic E-state index is 4.87. The zero-order chi connectivity index (χ0) is 13.2. The minimum Gasteiger partial charge on any atom is -0.333 e. The molecule has 0 amide bonds. The molecule has 0 fully saturated rings. The largest absolute Gasteiger partial charge is 0.333 e. The zero-order valence-corrected chi connectivity index (χ0v) is 12.3. The smallest absolute Gasteiger partial charge is 0.116 e. The second-order valence-electron chi connectivity index (χ2n) is 4.96. The Balaban J connectivity index is 1.96. The molecule has 0 spiro atoms. The Morgan fingerprint density at radius 2 is 2.26 bits per heavy atom. The Bertz CT molecular complexity index is 534. The van der Waals surface area contributed by atoms with Crippen LogP contribution in [0, 0.1) is 0 Å². The number of hydrogen-bond donors (Lipinski definition) is 1. The fourth-order valence-electron chi connectivity index (χ4n) is 2.73. The predicted octanol–water partition coefficient (Wildman–Crippen LogP) is 2.55. The Kier molecular flexibility index (Phi) is 3.66. The van der Waals surface area contributed by atoms with Gasteiger partial charge < -0.3 is 9.88 Å². The molecule has 1 aliphatic rings. The van der Waals surface area contributed by atoms with Gasteiger partial charge in [-0.2, -0.15) is 0 Å². The summed E-state index contributed by atoms with van der Waals surface area (Å²) >= 11 is 1.87. The maximum absolute atomic E-state index is 4.87. The Hall–Kier alpha value is -1.20. The van der Waals surface area contributed by atoms with E-state index in [9.17, 15) is 0 Å². The molecule has 4 nitrogen and oxygen atoms in total. The summed E-state index contributed by atoms with van der Waals surface area (Å²) in [7, 11) is 2.00. The van der Waals surface area contributed by atoms with Gasteiger partial charge in [0.2, 0.25) is 0 Å². The van der Waals surface area contributed by atoms with Gasteiger partial charge in [0.05, 0.1) is 23.9 Å². The Morgan fingerprint density at radius 1 is 1.42 bits per heavy atom. The third-order valence-corrected chi connectivity index (χ3v) is 5.00. The molecule has 2 aromatic heterocycles. The van der Waals surface area contributed by atoms with Crippen LogP contribution in [0.3, 0.4) is 0 Å². The SMILES string of the molecule is CCn1cncc1C(NC)c1nc2c(s1)CCCC2. The highest BCUT2D eigenvalue weighted by Crippen LogP contribution is 2.32. The van der Waals surface area contributed by atoms with Crippen molar-refractivity contribution < 1.29 is 0 Å². The first-order chi connectivity index (χ1) is 9.33. The van der Waals surface area contributed by atoms with E-state index in [0.717, 1.165) is 13.0 Å². The number of thiazole rings is 1. The van der Waals surface area contributed by atoms with Gasteiger partial charge in [0, 0.05) is 11.4 Å². The van der Waals surface area contributed by atoms with E-state index < -0.39 is 0 Å². The molecule has 1 atom stereocenters. The van der Waals surface area contributed by atoms with E-state index in [1.807, 2.05) is 30.9 Å². The van der Waals surface area contributed by atoms with Crippen molar-refractivity contribution in [3.05, 3.63) is 33.8 Å². The lowest BCUT2D eigenvalue weighted by atomic mass is 10.0. The number of imidazole rings is 1. The van der Waals surface area contributed by atoms with Crippen LogP contribution in [0.25, 0.3) is 0 Å². The van der Waals surface area contributed by atoms with Gasteiger partial charge in [-0.25, -0.2) is 9.97 Å². The topological polar surface area (TPSA) is 42.7 Å². The van der Waals surface area contributed by atoms with Crippen LogP contribution in [0.4, 0.5) is 0 Å². The molecule has 0 aliphatic heterocycles. The van der Waals surface area contributed by atoms with Gasteiger partial charge in [-0.15, -0.1) is 11.3 Å². The van der Waals surface area contributed by atoms with E-state index in [1.165, 1.54) is 40.5 Å². The molecule has 19 heavy (non-hydrogen) atoms. The van der Waals surface area contributed by atoms with E-state index in [4.69, 9.17) is 4.98 Å². The van der Waals surface area contributed by atoms with Crippen LogP contribution < -0.4 is 5.32 Å². The van der Waals surface area contributed by atoms with Gasteiger partial charge in [0.25, 0.3) is 0 Å². The van der Waals surface area contributed by atoms with Gasteiger partial charge in [-0.3, -0.25) is 0 Å². The minimum absolute atomic E-state index is 0.165. The van der Waals surface area contributed by atoms with Gasteiger partial charge >= 0.3 is 0 Å². The summed E-state index contributed by atoms with van der Waals surface area (Å²) in [5.41, 5.74) is 2.53. The highest BCUT2D eigenvalue weighted by Gasteiger charge is 2.23. The molecular weight excluding hydrogens is 256 g/mol. The number of rotatable bonds is 4. The van der Waals surface area contributed by atoms with Crippen molar-refractivity contribution in [2.45, 2.75) is 45.2 Å². The van der Waals surface area contributed by atoms with Crippen LogP contribution in [0.15, 0.2) is 12.5 Å². The molecule has 0 saturated heterocycles. The van der Waals surface area contributed by atoms with Gasteiger partial charge in [0.1, 0.15) is 11.0 Å². The predicted molar refractivity (Wildman–Crippen MR) is 77.6 cm³/mol. The number of aromatic nitrogens is 3. The van der Waals surface area contributed by atoms with E-state index in [1.54, 1.807) is 0 Å². The molecule has 102 valence electrons. The van der Waals surface area contributed by atoms with Crippen LogP contribution in [-0.4, -0.2) is 21.6 Å². The number of aryl methyl sites for hydroxylation is 3. The lowest BCUT2D eigenvalue weighted by molar-refractivity contribution is 0.602. The van der Waals surface area contributed by atoms with Gasteiger partial charge in [0.15, 0.2) is 0 Å². The van der Waals surface area contributed by atoms with Crippen molar-refractivity contribution in [3.8, 4) is 0 Å². The van der Waals surface area contributed by atoms with Gasteiger partial charge in [-0.1, -0.05) is 0 Å². The third-order valence-electron chi connectivity index (χ3n) is 3.78. The average molecular weight is 276 g/mol. The maximum Gasteiger partial charge on any atom is 0.116 e. The number of nitrogens with zero attached hydrogens (tertiary/aromatic N) is 3. The highest BCUT2D eigenvalue weighted by molar-refractivity contribution is 7.11. The highest BCUT2D eigenvalue weighted by atomic mass is 32.1. The summed E-state index contributed by atoms with van der Waals surface area (Å²) in [4.78, 5) is 10.6. The van der Waals surface area contributed by atoms with Crippen molar-refractivity contribution in [1.29, 1.82) is 0 Å². The van der Waals surface area contributed by atoms with E-state index >= 15 is 0 Å². The summed E-state index contributed by atoms with van der Waals surface area (Å²) in [5, 5.41) is 4.58. The molecular formula is C14H20N4S. The van der Waals surface area contributed by atoms with Crippen LogP contribution >= 0.6 is 11.3 Å². The number of hydrogen-bond acceptors (Lipinski definition) is 4. The van der Waals surface area contributed by atoms with Crippen molar-refractivity contribution >= 4 is 11.3 Å². The number of fused-ring (bicyclic) bond motifs is 1. The molecule has 3 rings (SSSR count). The standard InChI is InChI=1S/C14H20N4S/c1-3-18-9-16-8-11(18)13(15-2)14-17-10-6-4-5-7-12(10)19-14/h8-9,13,15H,3-7H2,1-2H3. The van der Waals surface area contributed by atoms with Crippen molar-refractivity contribution in [2.24, 2.45) is 0 Å². The summed E-state index contributed by atoms with van der Waals surface area (Å²) in [6, 6.07) is 0.165. The molecule has 1 N–H and O–H groups in total. The quantitative estimate of drug-likeness (QED) is 0.933. The lowest BCUT2D eigenvalue weighted by Crippen LogP contribution is -2.20. The first-order valence-corrected chi connectivity index (χ1v) is 7.81. The second-order valence-corrected chi connectivity index (χ2v) is 6.07.